The lowest BCUT2D eigenvalue weighted by Gasteiger charge is -2.42. The second-order valence-corrected chi connectivity index (χ2v) is 11.4. The molecule has 2 bridgehead atoms. The summed E-state index contributed by atoms with van der Waals surface area (Å²) in [6, 6.07) is 8.05. The monoisotopic (exact) mass is 518 g/mol. The van der Waals surface area contributed by atoms with E-state index in [4.69, 9.17) is 23.2 Å². The lowest BCUT2D eigenvalue weighted by molar-refractivity contribution is 0.108. The van der Waals surface area contributed by atoms with Crippen molar-refractivity contribution < 1.29 is 0 Å². The largest absolute Gasteiger partial charge is 0.312 e. The molecule has 3 N–H and O–H groups in total. The van der Waals surface area contributed by atoms with Gasteiger partial charge >= 0.3 is 0 Å². The number of likely N-dealkylation sites (N-methyl/N-ethyl adjacent to an activating group) is 1. The van der Waals surface area contributed by atoms with E-state index in [2.05, 4.69) is 40.0 Å². The number of benzene rings is 1. The molecule has 7 nitrogen and oxygen atoms in total. The lowest BCUT2D eigenvalue weighted by atomic mass is 9.80. The van der Waals surface area contributed by atoms with Gasteiger partial charge in [0.15, 0.2) is 0 Å². The van der Waals surface area contributed by atoms with Gasteiger partial charge in [0.1, 0.15) is 0 Å². The fourth-order valence-electron chi connectivity index (χ4n) is 6.33. The molecule has 0 radical (unpaired) electrons. The molecule has 3 aliphatic heterocycles. The Balaban J connectivity index is 1.46. The summed E-state index contributed by atoms with van der Waals surface area (Å²) in [5, 5.41) is 11.0. The number of nitrogens with one attached hydrogen (secondary N) is 3. The van der Waals surface area contributed by atoms with E-state index in [0.717, 1.165) is 51.7 Å². The van der Waals surface area contributed by atoms with E-state index in [1.54, 1.807) is 30.6 Å². The second kappa shape index (κ2) is 10.9. The molecule has 3 aliphatic rings. The number of nitrogens with zero attached hydrogens (tertiary/aromatic N) is 3. The molecule has 1 aromatic carbocycles. The van der Waals surface area contributed by atoms with Crippen LogP contribution in [0, 0.1) is 11.8 Å². The minimum absolute atomic E-state index is 0.0423. The predicted octanol–water partition coefficient (Wildman–Crippen LogP) is 3.72. The van der Waals surface area contributed by atoms with Crippen LogP contribution in [0.1, 0.15) is 45.1 Å². The number of hydrazine groups is 1. The van der Waals surface area contributed by atoms with E-state index < -0.39 is 0 Å². The van der Waals surface area contributed by atoms with Crippen LogP contribution < -0.4 is 21.6 Å². The van der Waals surface area contributed by atoms with Gasteiger partial charge in [-0.3, -0.25) is 14.8 Å². The molecular weight excluding hydrogens is 483 g/mol. The van der Waals surface area contributed by atoms with Crippen LogP contribution in [0.2, 0.25) is 10.0 Å². The molecule has 9 heteroatoms. The molecule has 0 spiro atoms. The van der Waals surface area contributed by atoms with Crippen LogP contribution in [0.15, 0.2) is 35.4 Å². The van der Waals surface area contributed by atoms with Gasteiger partial charge in [-0.15, -0.1) is 0 Å². The Bertz CT molecular complexity index is 1090. The summed E-state index contributed by atoms with van der Waals surface area (Å²) in [4.78, 5) is 18.1. The second-order valence-electron chi connectivity index (χ2n) is 10.6. The Morgan fingerprint density at radius 2 is 1.91 bits per heavy atom. The summed E-state index contributed by atoms with van der Waals surface area (Å²) in [7, 11) is 2.17. The van der Waals surface area contributed by atoms with Crippen molar-refractivity contribution in [2.45, 2.75) is 63.2 Å². The Morgan fingerprint density at radius 1 is 1.06 bits per heavy atom. The smallest absolute Gasteiger partial charge is 0.254 e. The SMILES string of the molecule is C[C@@H]1CCC[C@H](n2cnc(-c3cc(Cl)ccc3Cl)cc2=O)C2CC(CCN2)C2C(CNN2C)NC1. The van der Waals surface area contributed by atoms with E-state index in [-0.39, 0.29) is 17.6 Å². The van der Waals surface area contributed by atoms with Gasteiger partial charge in [-0.05, 0) is 68.8 Å². The molecule has 4 heterocycles. The molecule has 4 unspecified atom stereocenters. The molecule has 6 atom stereocenters. The van der Waals surface area contributed by atoms with Crippen LogP contribution >= 0.6 is 23.2 Å². The average Bonchev–Trinajstić information content (AvgIpc) is 3.22. The molecule has 1 aromatic heterocycles. The third-order valence-electron chi connectivity index (χ3n) is 8.17. The standard InChI is InChI=1S/C26H36Cl2N6O/c1-16-4-3-5-24(22-10-17(8-9-29-22)26-23(30-13-16)14-32-33(26)2)34-15-31-21(12-25(34)35)19-11-18(27)6-7-20(19)28/h6-7,11-12,15-17,22-24,26,29-30,32H,3-5,8-10,13-14H2,1-2H3/t16-,17?,22?,23?,24+,26?/m1/s1. The van der Waals surface area contributed by atoms with Gasteiger partial charge in [0.25, 0.3) is 5.56 Å². The van der Waals surface area contributed by atoms with Crippen molar-refractivity contribution in [3.05, 3.63) is 51.0 Å². The zero-order valence-electron chi connectivity index (χ0n) is 20.5. The van der Waals surface area contributed by atoms with Crippen molar-refractivity contribution in [1.82, 2.24) is 30.6 Å². The highest BCUT2D eigenvalue weighted by molar-refractivity contribution is 6.35. The highest BCUT2D eigenvalue weighted by Gasteiger charge is 2.41. The summed E-state index contributed by atoms with van der Waals surface area (Å²) in [5.74, 6) is 1.15. The quantitative estimate of drug-likeness (QED) is 0.562. The van der Waals surface area contributed by atoms with Crippen LogP contribution in [-0.4, -0.2) is 59.4 Å². The van der Waals surface area contributed by atoms with Crippen LogP contribution in [0.25, 0.3) is 11.3 Å². The van der Waals surface area contributed by atoms with Gasteiger partial charge in [-0.2, -0.15) is 0 Å². The zero-order valence-corrected chi connectivity index (χ0v) is 22.0. The number of rotatable bonds is 2. The van der Waals surface area contributed by atoms with Crippen molar-refractivity contribution in [3.63, 3.8) is 0 Å². The van der Waals surface area contributed by atoms with Gasteiger partial charge in [-0.1, -0.05) is 36.5 Å². The van der Waals surface area contributed by atoms with Crippen LogP contribution in [0.5, 0.6) is 0 Å². The van der Waals surface area contributed by atoms with E-state index in [1.165, 1.54) is 0 Å². The maximum atomic E-state index is 13.4. The van der Waals surface area contributed by atoms with Crippen molar-refractivity contribution in [2.24, 2.45) is 11.8 Å². The van der Waals surface area contributed by atoms with Gasteiger partial charge in [0.2, 0.25) is 0 Å². The fraction of sp³-hybridized carbons (Fsp3) is 0.615. The molecule has 0 saturated carbocycles. The predicted molar refractivity (Wildman–Crippen MR) is 142 cm³/mol. The molecule has 5 rings (SSSR count). The topological polar surface area (TPSA) is 74.2 Å². The number of halogens is 2. The Labute approximate surface area is 217 Å². The van der Waals surface area contributed by atoms with Crippen molar-refractivity contribution >= 4 is 23.2 Å². The first-order chi connectivity index (χ1) is 16.9. The highest BCUT2D eigenvalue weighted by atomic mass is 35.5. The first kappa shape index (κ1) is 25.2. The Morgan fingerprint density at radius 3 is 2.74 bits per heavy atom. The van der Waals surface area contributed by atoms with Crippen molar-refractivity contribution in [1.29, 1.82) is 0 Å². The third-order valence-corrected chi connectivity index (χ3v) is 8.73. The molecule has 3 fully saturated rings. The van der Waals surface area contributed by atoms with E-state index in [0.29, 0.717) is 45.2 Å². The number of hydrogen-bond donors (Lipinski definition) is 3. The summed E-state index contributed by atoms with van der Waals surface area (Å²) >= 11 is 12.6. The molecule has 35 heavy (non-hydrogen) atoms. The fourth-order valence-corrected chi connectivity index (χ4v) is 6.71. The average molecular weight is 520 g/mol. The first-order valence-electron chi connectivity index (χ1n) is 12.9. The minimum Gasteiger partial charge on any atom is -0.312 e. The maximum absolute atomic E-state index is 13.4. The van der Waals surface area contributed by atoms with Crippen molar-refractivity contribution in [2.75, 3.05) is 26.7 Å². The van der Waals surface area contributed by atoms with Crippen LogP contribution in [0.3, 0.4) is 0 Å². The Hall–Kier alpha value is -1.48. The lowest BCUT2D eigenvalue weighted by Crippen LogP contribution is -2.54. The van der Waals surface area contributed by atoms with Gasteiger partial charge in [0, 0.05) is 48.4 Å². The molecule has 190 valence electrons. The van der Waals surface area contributed by atoms with E-state index in [1.807, 2.05) is 4.57 Å². The summed E-state index contributed by atoms with van der Waals surface area (Å²) in [6.07, 6.45) is 7.08. The highest BCUT2D eigenvalue weighted by Crippen LogP contribution is 2.34. The first-order valence-corrected chi connectivity index (χ1v) is 13.6. The number of piperidine rings is 1. The third kappa shape index (κ3) is 5.45. The zero-order chi connectivity index (χ0) is 24.5. The molecular formula is C26H36Cl2N6O. The van der Waals surface area contributed by atoms with Crippen LogP contribution in [0.4, 0.5) is 0 Å². The number of aromatic nitrogens is 2. The molecule has 0 amide bonds. The summed E-state index contributed by atoms with van der Waals surface area (Å²) in [5.41, 5.74) is 4.75. The molecule has 2 aromatic rings. The van der Waals surface area contributed by atoms with E-state index >= 15 is 0 Å². The van der Waals surface area contributed by atoms with Crippen molar-refractivity contribution in [3.8, 4) is 11.3 Å². The van der Waals surface area contributed by atoms with Crippen LogP contribution in [-0.2, 0) is 0 Å². The molecule has 3 saturated heterocycles. The maximum Gasteiger partial charge on any atom is 0.254 e. The summed E-state index contributed by atoms with van der Waals surface area (Å²) < 4.78 is 1.85. The number of hydrogen-bond acceptors (Lipinski definition) is 6. The number of fused-ring (bicyclic) bond motifs is 4. The molecule has 0 aliphatic carbocycles. The van der Waals surface area contributed by atoms with Gasteiger partial charge < -0.3 is 10.6 Å². The Kier molecular flexibility index (Phi) is 7.82. The van der Waals surface area contributed by atoms with Gasteiger partial charge in [0.05, 0.1) is 23.1 Å². The minimum atomic E-state index is -0.0423. The summed E-state index contributed by atoms with van der Waals surface area (Å²) in [6.45, 7) is 5.30. The van der Waals surface area contributed by atoms with Gasteiger partial charge in [-0.25, -0.2) is 9.99 Å². The normalized spacial score (nSPS) is 32.5. The van der Waals surface area contributed by atoms with E-state index in [9.17, 15) is 4.79 Å².